The first-order chi connectivity index (χ1) is 12.2. The summed E-state index contributed by atoms with van der Waals surface area (Å²) in [6.07, 6.45) is 8.64. The number of hydrogen-bond acceptors (Lipinski definition) is 2. The third kappa shape index (κ3) is 3.44. The third-order valence-electron chi connectivity index (χ3n) is 6.14. The zero-order valence-electron chi connectivity index (χ0n) is 15.0. The van der Waals surface area contributed by atoms with Gasteiger partial charge in [0, 0.05) is 37.7 Å². The highest BCUT2D eigenvalue weighted by Gasteiger charge is 2.31. The van der Waals surface area contributed by atoms with E-state index in [1.54, 1.807) is 0 Å². The van der Waals surface area contributed by atoms with Crippen LogP contribution in [0.5, 0.6) is 0 Å². The van der Waals surface area contributed by atoms with Gasteiger partial charge < -0.3 is 9.80 Å². The second-order valence-electron chi connectivity index (χ2n) is 7.79. The summed E-state index contributed by atoms with van der Waals surface area (Å²) in [6.45, 7) is 3.26. The Labute approximate surface area is 150 Å². The normalized spacial score (nSPS) is 21.3. The van der Waals surface area contributed by atoms with Gasteiger partial charge in [0.2, 0.25) is 5.91 Å². The van der Waals surface area contributed by atoms with Crippen LogP contribution in [0.2, 0.25) is 0 Å². The van der Waals surface area contributed by atoms with Crippen molar-refractivity contribution in [1.82, 2.24) is 9.80 Å². The average Bonchev–Trinajstić information content (AvgIpc) is 3.21. The Hall–Kier alpha value is -1.84. The Kier molecular flexibility index (Phi) is 4.78. The fourth-order valence-corrected chi connectivity index (χ4v) is 4.57. The Morgan fingerprint density at radius 2 is 1.48 bits per heavy atom. The maximum atomic E-state index is 12.8. The largest absolute Gasteiger partial charge is 0.342 e. The summed E-state index contributed by atoms with van der Waals surface area (Å²) >= 11 is 0. The second-order valence-corrected chi connectivity index (χ2v) is 7.79. The molecule has 2 fully saturated rings. The van der Waals surface area contributed by atoms with Gasteiger partial charge in [-0.2, -0.15) is 0 Å². The van der Waals surface area contributed by atoms with Gasteiger partial charge in [0.05, 0.1) is 0 Å². The molecule has 4 nitrogen and oxygen atoms in total. The number of fused-ring (bicyclic) bond motifs is 1. The van der Waals surface area contributed by atoms with Gasteiger partial charge in [0.25, 0.3) is 5.91 Å². The Morgan fingerprint density at radius 1 is 0.800 bits per heavy atom. The van der Waals surface area contributed by atoms with Crippen LogP contribution in [0, 0.1) is 5.92 Å². The van der Waals surface area contributed by atoms with E-state index >= 15 is 0 Å². The highest BCUT2D eigenvalue weighted by Crippen LogP contribution is 2.25. The van der Waals surface area contributed by atoms with Gasteiger partial charge in [0.1, 0.15) is 0 Å². The average molecular weight is 340 g/mol. The van der Waals surface area contributed by atoms with Gasteiger partial charge in [-0.25, -0.2) is 0 Å². The first-order valence-corrected chi connectivity index (χ1v) is 9.92. The van der Waals surface area contributed by atoms with Crippen molar-refractivity contribution >= 4 is 11.8 Å². The number of carbonyl (C=O) groups is 2. The fraction of sp³-hybridized carbons (Fsp3) is 0.619. The Bertz CT molecular complexity index is 656. The first-order valence-electron chi connectivity index (χ1n) is 9.92. The van der Waals surface area contributed by atoms with Crippen LogP contribution in [-0.4, -0.2) is 47.8 Å². The molecule has 2 heterocycles. The molecule has 0 bridgehead atoms. The van der Waals surface area contributed by atoms with Crippen molar-refractivity contribution < 1.29 is 9.59 Å². The molecule has 3 aliphatic rings. The van der Waals surface area contributed by atoms with Gasteiger partial charge in [0.15, 0.2) is 0 Å². The monoisotopic (exact) mass is 340 g/mol. The molecular formula is C21H28N2O2. The van der Waals surface area contributed by atoms with Crippen molar-refractivity contribution in [3.8, 4) is 0 Å². The zero-order valence-corrected chi connectivity index (χ0v) is 15.0. The standard InChI is InChI=1S/C21H28N2O2/c24-20(22-11-3-4-12-22)17-9-13-23(14-10-17)21(25)19-8-7-16-5-1-2-6-18(16)15-19/h7-8,15,17H,1-6,9-14H2. The van der Waals surface area contributed by atoms with Crippen molar-refractivity contribution in [2.45, 2.75) is 51.4 Å². The molecule has 0 saturated carbocycles. The molecule has 25 heavy (non-hydrogen) atoms. The van der Waals surface area contributed by atoms with Gasteiger partial charge in [-0.15, -0.1) is 0 Å². The summed E-state index contributed by atoms with van der Waals surface area (Å²) < 4.78 is 0. The molecule has 0 aromatic heterocycles. The lowest BCUT2D eigenvalue weighted by Crippen LogP contribution is -2.43. The van der Waals surface area contributed by atoms with Crippen LogP contribution < -0.4 is 0 Å². The minimum absolute atomic E-state index is 0.116. The zero-order chi connectivity index (χ0) is 17.2. The molecule has 0 radical (unpaired) electrons. The van der Waals surface area contributed by atoms with Crippen molar-refractivity contribution in [1.29, 1.82) is 0 Å². The summed E-state index contributed by atoms with van der Waals surface area (Å²) in [5, 5.41) is 0. The molecule has 0 N–H and O–H groups in total. The van der Waals surface area contributed by atoms with Crippen molar-refractivity contribution in [2.24, 2.45) is 5.92 Å². The quantitative estimate of drug-likeness (QED) is 0.830. The van der Waals surface area contributed by atoms with Gasteiger partial charge in [-0.05, 0) is 74.6 Å². The molecule has 1 aromatic rings. The molecule has 134 valence electrons. The summed E-state index contributed by atoms with van der Waals surface area (Å²) in [6, 6.07) is 6.25. The number of likely N-dealkylation sites (tertiary alicyclic amines) is 2. The number of amides is 2. The molecule has 1 aromatic carbocycles. The predicted octanol–water partition coefficient (Wildman–Crippen LogP) is 3.04. The molecule has 0 unspecified atom stereocenters. The highest BCUT2D eigenvalue weighted by atomic mass is 16.2. The number of carbonyl (C=O) groups excluding carboxylic acids is 2. The molecule has 0 spiro atoms. The molecule has 2 saturated heterocycles. The van der Waals surface area contributed by atoms with Crippen LogP contribution in [0.4, 0.5) is 0 Å². The van der Waals surface area contributed by atoms with E-state index < -0.39 is 0 Å². The van der Waals surface area contributed by atoms with E-state index in [0.29, 0.717) is 19.0 Å². The van der Waals surface area contributed by atoms with Crippen LogP contribution >= 0.6 is 0 Å². The van der Waals surface area contributed by atoms with Gasteiger partial charge >= 0.3 is 0 Å². The van der Waals surface area contributed by atoms with Crippen LogP contribution in [0.25, 0.3) is 0 Å². The molecular weight excluding hydrogens is 312 g/mol. The minimum Gasteiger partial charge on any atom is -0.342 e. The molecule has 4 rings (SSSR count). The van der Waals surface area contributed by atoms with Crippen molar-refractivity contribution in [3.63, 3.8) is 0 Å². The Balaban J connectivity index is 1.37. The van der Waals surface area contributed by atoms with Crippen molar-refractivity contribution in [2.75, 3.05) is 26.2 Å². The second kappa shape index (κ2) is 7.19. The third-order valence-corrected chi connectivity index (χ3v) is 6.14. The van der Waals surface area contributed by atoms with Crippen LogP contribution in [-0.2, 0) is 17.6 Å². The molecule has 1 aliphatic carbocycles. The highest BCUT2D eigenvalue weighted by molar-refractivity contribution is 5.94. The van der Waals surface area contributed by atoms with E-state index in [4.69, 9.17) is 0 Å². The molecule has 2 amide bonds. The molecule has 0 atom stereocenters. The summed E-state index contributed by atoms with van der Waals surface area (Å²) in [5.74, 6) is 0.574. The SMILES string of the molecule is O=C(c1ccc2c(c1)CCCC2)N1CCC(C(=O)N2CCCC2)CC1. The molecule has 2 aliphatic heterocycles. The van der Waals surface area contributed by atoms with E-state index in [9.17, 15) is 9.59 Å². The van der Waals surface area contributed by atoms with Gasteiger partial charge in [-0.1, -0.05) is 6.07 Å². The van der Waals surface area contributed by atoms with E-state index in [1.165, 1.54) is 24.0 Å². The van der Waals surface area contributed by atoms with Crippen LogP contribution in [0.3, 0.4) is 0 Å². The summed E-state index contributed by atoms with van der Waals surface area (Å²) in [7, 11) is 0. The lowest BCUT2D eigenvalue weighted by Gasteiger charge is -2.33. The maximum absolute atomic E-state index is 12.8. The maximum Gasteiger partial charge on any atom is 0.253 e. The summed E-state index contributed by atoms with van der Waals surface area (Å²) in [5.41, 5.74) is 3.60. The summed E-state index contributed by atoms with van der Waals surface area (Å²) in [4.78, 5) is 29.3. The number of benzene rings is 1. The Morgan fingerprint density at radius 3 is 2.20 bits per heavy atom. The topological polar surface area (TPSA) is 40.6 Å². The van der Waals surface area contributed by atoms with E-state index in [0.717, 1.165) is 57.2 Å². The smallest absolute Gasteiger partial charge is 0.253 e. The van der Waals surface area contributed by atoms with Crippen molar-refractivity contribution in [3.05, 3.63) is 34.9 Å². The number of rotatable bonds is 2. The number of nitrogens with zero attached hydrogens (tertiary/aromatic N) is 2. The number of piperidine rings is 1. The predicted molar refractivity (Wildman–Crippen MR) is 97.5 cm³/mol. The first kappa shape index (κ1) is 16.6. The molecule has 4 heteroatoms. The van der Waals surface area contributed by atoms with E-state index in [1.807, 2.05) is 15.9 Å². The lowest BCUT2D eigenvalue weighted by molar-refractivity contribution is -0.135. The van der Waals surface area contributed by atoms with E-state index in [2.05, 4.69) is 12.1 Å². The van der Waals surface area contributed by atoms with Crippen LogP contribution in [0.1, 0.15) is 60.0 Å². The number of aryl methyl sites for hydroxylation is 2. The van der Waals surface area contributed by atoms with Gasteiger partial charge in [-0.3, -0.25) is 9.59 Å². The van der Waals surface area contributed by atoms with E-state index in [-0.39, 0.29) is 11.8 Å². The lowest BCUT2D eigenvalue weighted by atomic mass is 9.90. The van der Waals surface area contributed by atoms with Crippen LogP contribution in [0.15, 0.2) is 18.2 Å². The minimum atomic E-state index is 0.116. The number of hydrogen-bond donors (Lipinski definition) is 0. The fourth-order valence-electron chi connectivity index (χ4n) is 4.57.